The minimum atomic E-state index is -1.60. The second kappa shape index (κ2) is 10.7. The van der Waals surface area contributed by atoms with Crippen LogP contribution in [0.15, 0.2) is 91.0 Å². The molecule has 0 amide bonds. The number of carbonyl (C=O) groups excluding carboxylic acids is 3. The SMILES string of the molecule is O=C(OC[C@@H]1OC(O)[C@@H](OC(=O)c2ccccc2)C1OC(=O)c1ccccc1)c1ccccc1. The van der Waals surface area contributed by atoms with Gasteiger partial charge in [-0.25, -0.2) is 14.4 Å². The van der Waals surface area contributed by atoms with Gasteiger partial charge in [-0.15, -0.1) is 0 Å². The molecule has 0 radical (unpaired) electrons. The van der Waals surface area contributed by atoms with Crippen molar-refractivity contribution in [3.63, 3.8) is 0 Å². The molecule has 174 valence electrons. The molecule has 8 heteroatoms. The van der Waals surface area contributed by atoms with Gasteiger partial charge in [0.2, 0.25) is 0 Å². The lowest BCUT2D eigenvalue weighted by Gasteiger charge is -2.23. The summed E-state index contributed by atoms with van der Waals surface area (Å²) in [5.74, 6) is -2.05. The van der Waals surface area contributed by atoms with Crippen molar-refractivity contribution >= 4 is 17.9 Å². The molecule has 1 aliphatic heterocycles. The Labute approximate surface area is 195 Å². The van der Waals surface area contributed by atoms with Crippen LogP contribution in [0, 0.1) is 0 Å². The van der Waals surface area contributed by atoms with Crippen molar-refractivity contribution in [2.24, 2.45) is 0 Å². The number of hydrogen-bond donors (Lipinski definition) is 1. The van der Waals surface area contributed by atoms with Gasteiger partial charge in [-0.05, 0) is 36.4 Å². The Bertz CT molecular complexity index is 1120. The predicted octanol–water partition coefficient (Wildman–Crippen LogP) is 3.01. The van der Waals surface area contributed by atoms with E-state index >= 15 is 0 Å². The third-order valence-corrected chi connectivity index (χ3v) is 5.18. The molecule has 0 bridgehead atoms. The first-order valence-corrected chi connectivity index (χ1v) is 10.6. The van der Waals surface area contributed by atoms with Crippen LogP contribution in [-0.4, -0.2) is 54.2 Å². The van der Waals surface area contributed by atoms with Gasteiger partial charge in [-0.3, -0.25) is 0 Å². The summed E-state index contributed by atoms with van der Waals surface area (Å²) in [6, 6.07) is 24.7. The van der Waals surface area contributed by atoms with E-state index < -0.39 is 42.5 Å². The molecule has 8 nitrogen and oxygen atoms in total. The quantitative estimate of drug-likeness (QED) is 0.422. The Hall–Kier alpha value is -4.01. The molecule has 3 aromatic rings. The molecule has 1 fully saturated rings. The standard InChI is InChI=1S/C26H22O8/c27-23(17-10-4-1-5-11-17)31-16-20-21(33-24(28)18-12-6-2-7-13-18)22(26(30)32-20)34-25(29)19-14-8-3-9-15-19/h1-15,20-22,26,30H,16H2/t20-,21?,22-,26?/m0/s1. The summed E-state index contributed by atoms with van der Waals surface area (Å²) in [5, 5.41) is 10.5. The molecular weight excluding hydrogens is 440 g/mol. The first-order valence-electron chi connectivity index (χ1n) is 10.6. The fourth-order valence-corrected chi connectivity index (χ4v) is 3.46. The van der Waals surface area contributed by atoms with E-state index in [-0.39, 0.29) is 17.7 Å². The summed E-state index contributed by atoms with van der Waals surface area (Å²) >= 11 is 0. The maximum atomic E-state index is 12.7. The van der Waals surface area contributed by atoms with Crippen molar-refractivity contribution in [1.29, 1.82) is 0 Å². The molecule has 1 heterocycles. The van der Waals surface area contributed by atoms with Gasteiger partial charge in [0.05, 0.1) is 16.7 Å². The van der Waals surface area contributed by atoms with Crippen LogP contribution in [0.25, 0.3) is 0 Å². The molecule has 34 heavy (non-hydrogen) atoms. The zero-order valence-corrected chi connectivity index (χ0v) is 18.0. The predicted molar refractivity (Wildman–Crippen MR) is 119 cm³/mol. The van der Waals surface area contributed by atoms with Gasteiger partial charge in [0.15, 0.2) is 18.5 Å². The minimum absolute atomic E-state index is 0.252. The average molecular weight is 462 g/mol. The van der Waals surface area contributed by atoms with E-state index in [9.17, 15) is 19.5 Å². The molecule has 4 atom stereocenters. The van der Waals surface area contributed by atoms with Gasteiger partial charge in [-0.2, -0.15) is 0 Å². The smallest absolute Gasteiger partial charge is 0.338 e. The molecule has 2 unspecified atom stereocenters. The maximum Gasteiger partial charge on any atom is 0.338 e. The van der Waals surface area contributed by atoms with Gasteiger partial charge >= 0.3 is 17.9 Å². The third kappa shape index (κ3) is 5.48. The van der Waals surface area contributed by atoms with E-state index in [1.54, 1.807) is 91.0 Å². The largest absolute Gasteiger partial charge is 0.459 e. The highest BCUT2D eigenvalue weighted by atomic mass is 16.7. The van der Waals surface area contributed by atoms with E-state index in [1.165, 1.54) is 0 Å². The van der Waals surface area contributed by atoms with E-state index in [1.807, 2.05) is 0 Å². The first kappa shape index (κ1) is 23.2. The summed E-state index contributed by atoms with van der Waals surface area (Å²) in [5.41, 5.74) is 0.838. The summed E-state index contributed by atoms with van der Waals surface area (Å²) < 4.78 is 21.8. The van der Waals surface area contributed by atoms with Crippen LogP contribution in [-0.2, 0) is 18.9 Å². The number of rotatable bonds is 7. The van der Waals surface area contributed by atoms with Gasteiger partial charge < -0.3 is 24.1 Å². The van der Waals surface area contributed by atoms with Gasteiger partial charge in [0, 0.05) is 0 Å². The zero-order chi connectivity index (χ0) is 23.9. The molecule has 1 N–H and O–H groups in total. The van der Waals surface area contributed by atoms with Crippen molar-refractivity contribution in [2.75, 3.05) is 6.61 Å². The molecule has 3 aromatic carbocycles. The van der Waals surface area contributed by atoms with E-state index in [4.69, 9.17) is 18.9 Å². The van der Waals surface area contributed by atoms with Crippen molar-refractivity contribution in [1.82, 2.24) is 0 Å². The fourth-order valence-electron chi connectivity index (χ4n) is 3.46. The Balaban J connectivity index is 1.51. The monoisotopic (exact) mass is 462 g/mol. The topological polar surface area (TPSA) is 108 Å². The van der Waals surface area contributed by atoms with Crippen LogP contribution in [0.3, 0.4) is 0 Å². The number of aliphatic hydroxyl groups is 1. The van der Waals surface area contributed by atoms with E-state index in [0.717, 1.165) is 0 Å². The Morgan fingerprint density at radius 1 is 0.647 bits per heavy atom. The second-order valence-corrected chi connectivity index (χ2v) is 7.50. The highest BCUT2D eigenvalue weighted by Gasteiger charge is 2.50. The number of benzene rings is 3. The van der Waals surface area contributed by atoms with Crippen molar-refractivity contribution in [3.8, 4) is 0 Å². The number of esters is 3. The summed E-state index contributed by atoms with van der Waals surface area (Å²) in [4.78, 5) is 37.6. The highest BCUT2D eigenvalue weighted by Crippen LogP contribution is 2.28. The van der Waals surface area contributed by atoms with Crippen LogP contribution in [0.5, 0.6) is 0 Å². The molecule has 4 rings (SSSR count). The summed E-state index contributed by atoms with van der Waals surface area (Å²) in [6.45, 7) is -0.336. The van der Waals surface area contributed by atoms with Crippen molar-refractivity contribution in [3.05, 3.63) is 108 Å². The lowest BCUT2D eigenvalue weighted by atomic mass is 10.1. The second-order valence-electron chi connectivity index (χ2n) is 7.50. The molecule has 0 saturated carbocycles. The fraction of sp³-hybridized carbons (Fsp3) is 0.192. The minimum Gasteiger partial charge on any atom is -0.459 e. The van der Waals surface area contributed by atoms with Crippen LogP contribution < -0.4 is 0 Å². The first-order chi connectivity index (χ1) is 16.5. The molecule has 0 spiro atoms. The Kier molecular flexibility index (Phi) is 7.31. The number of carbonyl (C=O) groups is 3. The van der Waals surface area contributed by atoms with Crippen molar-refractivity contribution < 1.29 is 38.4 Å². The van der Waals surface area contributed by atoms with Crippen LogP contribution in [0.4, 0.5) is 0 Å². The van der Waals surface area contributed by atoms with E-state index in [0.29, 0.717) is 5.56 Å². The van der Waals surface area contributed by atoms with Gasteiger partial charge in [0.25, 0.3) is 0 Å². The maximum absolute atomic E-state index is 12.7. The molecule has 1 saturated heterocycles. The highest BCUT2D eigenvalue weighted by molar-refractivity contribution is 5.90. The van der Waals surface area contributed by atoms with E-state index in [2.05, 4.69) is 0 Å². The number of ether oxygens (including phenoxy) is 4. The third-order valence-electron chi connectivity index (χ3n) is 5.18. The molecule has 0 aliphatic carbocycles. The molecule has 0 aromatic heterocycles. The molecule has 1 aliphatic rings. The zero-order valence-electron chi connectivity index (χ0n) is 18.0. The van der Waals surface area contributed by atoms with Crippen LogP contribution in [0.2, 0.25) is 0 Å². The number of aliphatic hydroxyl groups excluding tert-OH is 1. The van der Waals surface area contributed by atoms with Crippen molar-refractivity contribution in [2.45, 2.75) is 24.6 Å². The number of hydrogen-bond acceptors (Lipinski definition) is 8. The Morgan fingerprint density at radius 2 is 1.06 bits per heavy atom. The van der Waals surface area contributed by atoms with Gasteiger partial charge in [-0.1, -0.05) is 54.6 Å². The van der Waals surface area contributed by atoms with Crippen LogP contribution in [0.1, 0.15) is 31.1 Å². The lowest BCUT2D eigenvalue weighted by molar-refractivity contribution is -0.135. The lowest BCUT2D eigenvalue weighted by Crippen LogP contribution is -2.42. The molecular formula is C26H22O8. The average Bonchev–Trinajstić information content (AvgIpc) is 3.17. The van der Waals surface area contributed by atoms with Gasteiger partial charge in [0.1, 0.15) is 12.7 Å². The Morgan fingerprint density at radius 3 is 1.53 bits per heavy atom. The summed E-state index contributed by atoms with van der Waals surface area (Å²) in [7, 11) is 0. The van der Waals surface area contributed by atoms with Crippen LogP contribution >= 0.6 is 0 Å². The normalized spacial score (nSPS) is 21.4. The summed E-state index contributed by atoms with van der Waals surface area (Å²) in [6.07, 6.45) is -5.22.